The van der Waals surface area contributed by atoms with Crippen LogP contribution >= 0.6 is 23.2 Å². The topological polar surface area (TPSA) is 83.6 Å². The quantitative estimate of drug-likeness (QED) is 0.565. The van der Waals surface area contributed by atoms with Crippen molar-refractivity contribution in [2.24, 2.45) is 0 Å². The Kier molecular flexibility index (Phi) is 6.78. The molecule has 2 N–H and O–H groups in total. The average Bonchev–Trinajstić information content (AvgIpc) is 2.79. The average molecular weight is 471 g/mol. The molecule has 0 atom stereocenters. The number of rotatable bonds is 6. The van der Waals surface area contributed by atoms with Crippen molar-refractivity contribution >= 4 is 46.5 Å². The number of nitrogens with one attached hydrogen (secondary N) is 2. The molecule has 32 heavy (non-hydrogen) atoms. The SMILES string of the molecule is O=C1CN(c2ccc(NC(=O)c3ccccc3OCc3ccc(Cl)cc3Cl)cn2)CCN1. The number of aromatic nitrogens is 1. The first kappa shape index (κ1) is 21.9. The van der Waals surface area contributed by atoms with Crippen LogP contribution in [0.5, 0.6) is 5.75 Å². The van der Waals surface area contributed by atoms with Gasteiger partial charge in [0.2, 0.25) is 5.91 Å². The first-order valence-corrected chi connectivity index (χ1v) is 10.7. The molecule has 3 aromatic rings. The number of amides is 2. The molecule has 0 aliphatic carbocycles. The highest BCUT2D eigenvalue weighted by Gasteiger charge is 2.18. The van der Waals surface area contributed by atoms with Gasteiger partial charge in [-0.1, -0.05) is 41.4 Å². The number of hydrogen-bond donors (Lipinski definition) is 2. The van der Waals surface area contributed by atoms with Crippen molar-refractivity contribution in [3.05, 3.63) is 82.0 Å². The second kappa shape index (κ2) is 9.89. The van der Waals surface area contributed by atoms with Gasteiger partial charge in [-0.05, 0) is 36.4 Å². The predicted octanol–water partition coefficient (Wildman–Crippen LogP) is 4.16. The number of nitrogens with zero attached hydrogens (tertiary/aromatic N) is 2. The summed E-state index contributed by atoms with van der Waals surface area (Å²) < 4.78 is 5.86. The Morgan fingerprint density at radius 1 is 1.16 bits per heavy atom. The zero-order valence-electron chi connectivity index (χ0n) is 17.0. The first-order chi connectivity index (χ1) is 15.5. The van der Waals surface area contributed by atoms with E-state index in [4.69, 9.17) is 27.9 Å². The predicted molar refractivity (Wildman–Crippen MR) is 125 cm³/mol. The molecule has 2 amide bonds. The number of benzene rings is 2. The Balaban J connectivity index is 1.43. The molecule has 164 valence electrons. The fourth-order valence-corrected chi connectivity index (χ4v) is 3.72. The third kappa shape index (κ3) is 5.30. The molecule has 0 radical (unpaired) electrons. The van der Waals surface area contributed by atoms with E-state index in [1.54, 1.807) is 60.8 Å². The zero-order valence-corrected chi connectivity index (χ0v) is 18.5. The number of halogens is 2. The highest BCUT2D eigenvalue weighted by molar-refractivity contribution is 6.35. The molecule has 1 saturated heterocycles. The molecule has 7 nitrogen and oxygen atoms in total. The van der Waals surface area contributed by atoms with Gasteiger partial charge in [0, 0.05) is 28.7 Å². The van der Waals surface area contributed by atoms with Crippen molar-refractivity contribution in [1.82, 2.24) is 10.3 Å². The van der Waals surface area contributed by atoms with E-state index < -0.39 is 0 Å². The monoisotopic (exact) mass is 470 g/mol. The lowest BCUT2D eigenvalue weighted by Crippen LogP contribution is -2.48. The van der Waals surface area contributed by atoms with Gasteiger partial charge in [-0.3, -0.25) is 9.59 Å². The fraction of sp³-hybridized carbons (Fsp3) is 0.174. The molecule has 0 unspecified atom stereocenters. The number of anilines is 2. The highest BCUT2D eigenvalue weighted by atomic mass is 35.5. The lowest BCUT2D eigenvalue weighted by Gasteiger charge is -2.27. The molecule has 9 heteroatoms. The first-order valence-electron chi connectivity index (χ1n) is 9.94. The van der Waals surface area contributed by atoms with Gasteiger partial charge in [0.15, 0.2) is 0 Å². The standard InChI is InChI=1S/C23H20Cl2N4O3/c24-16-6-5-15(19(25)11-16)14-32-20-4-2-1-3-18(20)23(31)28-17-7-8-21(27-12-17)29-10-9-26-22(30)13-29/h1-8,11-12H,9-10,13-14H2,(H,26,30)(H,28,31). The Bertz CT molecular complexity index is 1140. The molecule has 4 rings (SSSR count). The maximum Gasteiger partial charge on any atom is 0.259 e. The van der Waals surface area contributed by atoms with Crippen LogP contribution in [0.1, 0.15) is 15.9 Å². The second-order valence-electron chi connectivity index (χ2n) is 7.15. The summed E-state index contributed by atoms with van der Waals surface area (Å²) in [5, 5.41) is 6.65. The van der Waals surface area contributed by atoms with Crippen LogP contribution < -0.4 is 20.3 Å². The van der Waals surface area contributed by atoms with Crippen LogP contribution in [0.3, 0.4) is 0 Å². The Labute approximate surface area is 195 Å². The summed E-state index contributed by atoms with van der Waals surface area (Å²) in [5.74, 6) is 0.753. The number of para-hydroxylation sites is 1. The van der Waals surface area contributed by atoms with Crippen molar-refractivity contribution in [3.63, 3.8) is 0 Å². The van der Waals surface area contributed by atoms with E-state index in [-0.39, 0.29) is 25.0 Å². The molecular weight excluding hydrogens is 451 g/mol. The minimum atomic E-state index is -0.324. The summed E-state index contributed by atoms with van der Waals surface area (Å²) in [6.45, 7) is 1.73. The summed E-state index contributed by atoms with van der Waals surface area (Å²) in [5.41, 5.74) is 1.68. The van der Waals surface area contributed by atoms with E-state index in [0.29, 0.717) is 46.0 Å². The van der Waals surface area contributed by atoms with Crippen LogP contribution in [0, 0.1) is 0 Å². The Morgan fingerprint density at radius 2 is 2.00 bits per heavy atom. The summed E-state index contributed by atoms with van der Waals surface area (Å²) >= 11 is 12.1. The molecule has 2 heterocycles. The molecule has 1 aliphatic rings. The van der Waals surface area contributed by atoms with Gasteiger partial charge >= 0.3 is 0 Å². The van der Waals surface area contributed by atoms with Crippen molar-refractivity contribution in [3.8, 4) is 5.75 Å². The van der Waals surface area contributed by atoms with Crippen molar-refractivity contribution < 1.29 is 14.3 Å². The van der Waals surface area contributed by atoms with Gasteiger partial charge in [-0.2, -0.15) is 0 Å². The molecule has 2 aromatic carbocycles. The highest BCUT2D eigenvalue weighted by Crippen LogP contribution is 2.25. The van der Waals surface area contributed by atoms with Gasteiger partial charge in [-0.25, -0.2) is 4.98 Å². The lowest BCUT2D eigenvalue weighted by atomic mass is 10.1. The normalized spacial score (nSPS) is 13.4. The molecule has 1 fully saturated rings. The van der Waals surface area contributed by atoms with Crippen LogP contribution in [0.15, 0.2) is 60.8 Å². The van der Waals surface area contributed by atoms with E-state index >= 15 is 0 Å². The van der Waals surface area contributed by atoms with Gasteiger partial charge in [0.25, 0.3) is 5.91 Å². The zero-order chi connectivity index (χ0) is 22.5. The van der Waals surface area contributed by atoms with Crippen molar-refractivity contribution in [2.45, 2.75) is 6.61 Å². The van der Waals surface area contributed by atoms with Crippen LogP contribution in [0.2, 0.25) is 10.0 Å². The smallest absolute Gasteiger partial charge is 0.259 e. The van der Waals surface area contributed by atoms with E-state index in [9.17, 15) is 9.59 Å². The largest absolute Gasteiger partial charge is 0.488 e. The summed E-state index contributed by atoms with van der Waals surface area (Å²) in [4.78, 5) is 30.7. The molecule has 1 aromatic heterocycles. The summed E-state index contributed by atoms with van der Waals surface area (Å²) in [6.07, 6.45) is 1.57. The number of hydrogen-bond acceptors (Lipinski definition) is 5. The van der Waals surface area contributed by atoms with E-state index in [0.717, 1.165) is 5.56 Å². The van der Waals surface area contributed by atoms with Crippen molar-refractivity contribution in [1.29, 1.82) is 0 Å². The van der Waals surface area contributed by atoms with Crippen LogP contribution in [-0.4, -0.2) is 36.4 Å². The maximum absolute atomic E-state index is 12.9. The van der Waals surface area contributed by atoms with Gasteiger partial charge in [0.05, 0.1) is 24.0 Å². The molecule has 0 saturated carbocycles. The number of ether oxygens (including phenoxy) is 1. The maximum atomic E-state index is 12.9. The molecule has 0 bridgehead atoms. The van der Waals surface area contributed by atoms with Gasteiger partial charge in [-0.15, -0.1) is 0 Å². The third-order valence-corrected chi connectivity index (χ3v) is 5.49. The number of carbonyl (C=O) groups excluding carboxylic acids is 2. The number of piperazine rings is 1. The minimum Gasteiger partial charge on any atom is -0.488 e. The van der Waals surface area contributed by atoms with Crippen LogP contribution in [0.25, 0.3) is 0 Å². The molecular formula is C23H20Cl2N4O3. The summed E-state index contributed by atoms with van der Waals surface area (Å²) in [7, 11) is 0. The third-order valence-electron chi connectivity index (χ3n) is 4.90. The van der Waals surface area contributed by atoms with E-state index in [1.165, 1.54) is 0 Å². The minimum absolute atomic E-state index is 0.0353. The van der Waals surface area contributed by atoms with Crippen LogP contribution in [-0.2, 0) is 11.4 Å². The number of carbonyl (C=O) groups is 2. The second-order valence-corrected chi connectivity index (χ2v) is 7.99. The molecule has 1 aliphatic heterocycles. The van der Waals surface area contributed by atoms with Crippen LogP contribution in [0.4, 0.5) is 11.5 Å². The Hall–Kier alpha value is -3.29. The number of pyridine rings is 1. The lowest BCUT2D eigenvalue weighted by molar-refractivity contribution is -0.120. The summed E-state index contributed by atoms with van der Waals surface area (Å²) in [6, 6.07) is 15.7. The molecule has 0 spiro atoms. The fourth-order valence-electron chi connectivity index (χ4n) is 3.25. The van der Waals surface area contributed by atoms with Gasteiger partial charge in [0.1, 0.15) is 18.2 Å². The van der Waals surface area contributed by atoms with Crippen molar-refractivity contribution in [2.75, 3.05) is 29.9 Å². The Morgan fingerprint density at radius 3 is 2.75 bits per heavy atom. The van der Waals surface area contributed by atoms with E-state index in [2.05, 4.69) is 15.6 Å². The van der Waals surface area contributed by atoms with Gasteiger partial charge < -0.3 is 20.3 Å². The van der Waals surface area contributed by atoms with E-state index in [1.807, 2.05) is 4.90 Å².